The third-order valence-corrected chi connectivity index (χ3v) is 5.08. The van der Waals surface area contributed by atoms with Crippen LogP contribution in [0.25, 0.3) is 0 Å². The number of aliphatic hydroxyl groups excluding tert-OH is 1. The van der Waals surface area contributed by atoms with Crippen LogP contribution in [0.1, 0.15) is 18.4 Å². The highest BCUT2D eigenvalue weighted by Gasteiger charge is 2.41. The highest BCUT2D eigenvalue weighted by atomic mass is 79.9. The molecule has 1 aliphatic heterocycles. The van der Waals surface area contributed by atoms with Crippen molar-refractivity contribution in [3.05, 3.63) is 28.2 Å². The molecule has 0 amide bonds. The van der Waals surface area contributed by atoms with Crippen molar-refractivity contribution >= 4 is 27.5 Å². The lowest BCUT2D eigenvalue weighted by Crippen LogP contribution is -2.24. The summed E-state index contributed by atoms with van der Waals surface area (Å²) in [7, 11) is 0. The minimum atomic E-state index is -0.130. The zero-order valence-electron chi connectivity index (χ0n) is 10.6. The van der Waals surface area contributed by atoms with Crippen LogP contribution in [-0.4, -0.2) is 30.1 Å². The molecule has 4 N–H and O–H groups in total. The van der Waals surface area contributed by atoms with Crippen LogP contribution in [0.4, 0.5) is 5.69 Å². The van der Waals surface area contributed by atoms with Gasteiger partial charge in [-0.1, -0.05) is 0 Å². The Kier molecular flexibility index (Phi) is 3.27. The molecule has 3 rings (SSSR count). The molecule has 1 aliphatic carbocycles. The Morgan fingerprint density at radius 3 is 2.79 bits per heavy atom. The molecule has 2 fully saturated rings. The Hall–Kier alpha value is -1.07. The van der Waals surface area contributed by atoms with Gasteiger partial charge in [0.15, 0.2) is 0 Å². The number of hydrogen-bond donors (Lipinski definition) is 3. The summed E-state index contributed by atoms with van der Waals surface area (Å²) < 4.78 is 0.857. The Bertz CT molecular complexity index is 519. The van der Waals surface area contributed by atoms with E-state index in [0.717, 1.165) is 41.7 Å². The number of rotatable bonds is 2. The summed E-state index contributed by atoms with van der Waals surface area (Å²) in [6.07, 6.45) is 1.96. The van der Waals surface area contributed by atoms with Gasteiger partial charge in [-0.15, -0.1) is 0 Å². The molecule has 1 aromatic rings. The molecule has 3 atom stereocenters. The van der Waals surface area contributed by atoms with Crippen LogP contribution in [-0.2, 0) is 0 Å². The fraction of sp³-hybridized carbons (Fsp3) is 0.500. The minimum absolute atomic E-state index is 0.0761. The lowest BCUT2D eigenvalue weighted by atomic mass is 10.00. The molecule has 3 unspecified atom stereocenters. The van der Waals surface area contributed by atoms with E-state index in [4.69, 9.17) is 11.1 Å². The van der Waals surface area contributed by atoms with E-state index in [1.807, 2.05) is 18.2 Å². The molecule has 0 aromatic heterocycles. The van der Waals surface area contributed by atoms with Crippen molar-refractivity contribution in [2.24, 2.45) is 17.6 Å². The summed E-state index contributed by atoms with van der Waals surface area (Å²) in [5, 5.41) is 17.4. The molecule has 0 radical (unpaired) electrons. The van der Waals surface area contributed by atoms with Gasteiger partial charge < -0.3 is 15.7 Å². The van der Waals surface area contributed by atoms with E-state index in [0.29, 0.717) is 11.8 Å². The first-order chi connectivity index (χ1) is 9.06. The van der Waals surface area contributed by atoms with E-state index < -0.39 is 0 Å². The highest BCUT2D eigenvalue weighted by Crippen LogP contribution is 2.40. The maximum Gasteiger partial charge on any atom is 0.123 e. The number of nitrogens with zero attached hydrogens (tertiary/aromatic N) is 1. The van der Waals surface area contributed by atoms with Crippen molar-refractivity contribution in [3.8, 4) is 0 Å². The first-order valence-electron chi connectivity index (χ1n) is 6.63. The van der Waals surface area contributed by atoms with Gasteiger partial charge in [-0.2, -0.15) is 0 Å². The molecule has 4 nitrogen and oxygen atoms in total. The number of amidine groups is 1. The average molecular weight is 324 g/mol. The second kappa shape index (κ2) is 4.80. The molecule has 5 heteroatoms. The van der Waals surface area contributed by atoms with Gasteiger partial charge in [-0.3, -0.25) is 5.41 Å². The van der Waals surface area contributed by atoms with Crippen molar-refractivity contribution in [1.82, 2.24) is 0 Å². The molecular formula is C14H18BrN3O. The Balaban J connectivity index is 1.81. The standard InChI is InChI=1S/C14H18BrN3O/c15-12-5-9(2-3-10(12)14(16)17)18-6-8-1-4-13(19)11(8)7-18/h2-3,5,8,11,13,19H,1,4,6-7H2,(H3,16,17). The normalized spacial score (nSPS) is 29.6. The molecule has 1 heterocycles. The summed E-state index contributed by atoms with van der Waals surface area (Å²) in [5.41, 5.74) is 7.38. The first kappa shape index (κ1) is 12.9. The summed E-state index contributed by atoms with van der Waals surface area (Å²) in [5.74, 6) is 1.12. The lowest BCUT2D eigenvalue weighted by Gasteiger charge is -2.21. The minimum Gasteiger partial charge on any atom is -0.393 e. The zero-order chi connectivity index (χ0) is 13.6. The Morgan fingerprint density at radius 1 is 1.37 bits per heavy atom. The van der Waals surface area contributed by atoms with Crippen LogP contribution in [0.5, 0.6) is 0 Å². The number of nitrogens with one attached hydrogen (secondary N) is 1. The van der Waals surface area contributed by atoms with E-state index in [1.54, 1.807) is 0 Å². The third-order valence-electron chi connectivity index (χ3n) is 4.43. The van der Waals surface area contributed by atoms with Crippen molar-refractivity contribution < 1.29 is 5.11 Å². The smallest absolute Gasteiger partial charge is 0.123 e. The maximum atomic E-state index is 9.95. The van der Waals surface area contributed by atoms with E-state index in [9.17, 15) is 5.11 Å². The van der Waals surface area contributed by atoms with Gasteiger partial charge in [0, 0.05) is 34.7 Å². The number of benzene rings is 1. The van der Waals surface area contributed by atoms with Gasteiger partial charge in [0.25, 0.3) is 0 Å². The number of nitrogen functional groups attached to an aromatic ring is 1. The van der Waals surface area contributed by atoms with Gasteiger partial charge in [-0.25, -0.2) is 0 Å². The fourth-order valence-electron chi connectivity index (χ4n) is 3.37. The topological polar surface area (TPSA) is 73.3 Å². The van der Waals surface area contributed by atoms with Gasteiger partial charge in [0.2, 0.25) is 0 Å². The van der Waals surface area contributed by atoms with E-state index in [-0.39, 0.29) is 11.9 Å². The number of hydrogen-bond acceptors (Lipinski definition) is 3. The summed E-state index contributed by atoms with van der Waals surface area (Å²) in [6.45, 7) is 1.95. The molecular weight excluding hydrogens is 306 g/mol. The quantitative estimate of drug-likeness (QED) is 0.575. The van der Waals surface area contributed by atoms with E-state index in [2.05, 4.69) is 20.8 Å². The van der Waals surface area contributed by atoms with Crippen molar-refractivity contribution in [3.63, 3.8) is 0 Å². The molecule has 1 saturated carbocycles. The van der Waals surface area contributed by atoms with Crippen LogP contribution >= 0.6 is 15.9 Å². The molecule has 0 bridgehead atoms. The second-order valence-electron chi connectivity index (χ2n) is 5.55. The molecule has 102 valence electrons. The summed E-state index contributed by atoms with van der Waals surface area (Å²) in [4.78, 5) is 2.33. The zero-order valence-corrected chi connectivity index (χ0v) is 12.2. The van der Waals surface area contributed by atoms with Gasteiger partial charge in [0.1, 0.15) is 5.84 Å². The van der Waals surface area contributed by atoms with Crippen molar-refractivity contribution in [1.29, 1.82) is 5.41 Å². The molecule has 2 aliphatic rings. The van der Waals surface area contributed by atoms with E-state index >= 15 is 0 Å². The number of aliphatic hydroxyl groups is 1. The summed E-state index contributed by atoms with van der Waals surface area (Å²) >= 11 is 3.47. The SMILES string of the molecule is N=C(N)c1ccc(N2CC3CCC(O)C3C2)cc1Br. The first-order valence-corrected chi connectivity index (χ1v) is 7.42. The fourth-order valence-corrected chi connectivity index (χ4v) is 3.95. The third kappa shape index (κ3) is 2.25. The highest BCUT2D eigenvalue weighted by molar-refractivity contribution is 9.10. The molecule has 0 spiro atoms. The summed E-state index contributed by atoms with van der Waals surface area (Å²) in [6, 6.07) is 5.91. The van der Waals surface area contributed by atoms with Gasteiger partial charge >= 0.3 is 0 Å². The second-order valence-corrected chi connectivity index (χ2v) is 6.41. The number of anilines is 1. The molecule has 19 heavy (non-hydrogen) atoms. The maximum absolute atomic E-state index is 9.95. The predicted octanol–water partition coefficient (Wildman–Crippen LogP) is 1.94. The predicted molar refractivity (Wildman–Crippen MR) is 79.6 cm³/mol. The van der Waals surface area contributed by atoms with Crippen LogP contribution in [0.2, 0.25) is 0 Å². The Labute approximate surface area is 121 Å². The van der Waals surface area contributed by atoms with Crippen molar-refractivity contribution in [2.45, 2.75) is 18.9 Å². The van der Waals surface area contributed by atoms with Crippen molar-refractivity contribution in [2.75, 3.05) is 18.0 Å². The number of halogens is 1. The molecule has 1 saturated heterocycles. The monoisotopic (exact) mass is 323 g/mol. The van der Waals surface area contributed by atoms with Crippen LogP contribution in [0.15, 0.2) is 22.7 Å². The van der Waals surface area contributed by atoms with Crippen LogP contribution < -0.4 is 10.6 Å². The number of fused-ring (bicyclic) bond motifs is 1. The van der Waals surface area contributed by atoms with Crippen LogP contribution in [0, 0.1) is 17.2 Å². The number of nitrogens with two attached hydrogens (primary N) is 1. The van der Waals surface area contributed by atoms with E-state index in [1.165, 1.54) is 0 Å². The lowest BCUT2D eigenvalue weighted by molar-refractivity contribution is 0.133. The Morgan fingerprint density at radius 2 is 2.16 bits per heavy atom. The van der Waals surface area contributed by atoms with Gasteiger partial charge in [-0.05, 0) is 52.9 Å². The average Bonchev–Trinajstić information content (AvgIpc) is 2.91. The van der Waals surface area contributed by atoms with Gasteiger partial charge in [0.05, 0.1) is 6.10 Å². The largest absolute Gasteiger partial charge is 0.393 e. The van der Waals surface area contributed by atoms with Crippen LogP contribution in [0.3, 0.4) is 0 Å². The molecule has 1 aromatic carbocycles.